The number of amides is 1. The Morgan fingerprint density at radius 2 is 2.12 bits per heavy atom. The lowest BCUT2D eigenvalue weighted by molar-refractivity contribution is -0.103. The third-order valence-corrected chi connectivity index (χ3v) is 6.15. The first-order chi connectivity index (χ1) is 16.3. The molecule has 2 aromatic rings. The molecule has 3 aliphatic heterocycles. The van der Waals surface area contributed by atoms with Gasteiger partial charge < -0.3 is 30.3 Å². The van der Waals surface area contributed by atoms with E-state index in [1.54, 1.807) is 23.2 Å². The van der Waals surface area contributed by atoms with Crippen LogP contribution in [-0.4, -0.2) is 52.7 Å². The fourth-order valence-corrected chi connectivity index (χ4v) is 4.56. The maximum Gasteiger partial charge on any atom is 0.388 e. The Kier molecular flexibility index (Phi) is 5.70. The average Bonchev–Trinajstić information content (AvgIpc) is 3.21. The summed E-state index contributed by atoms with van der Waals surface area (Å²) < 4.78 is 40.7. The molecule has 0 unspecified atom stereocenters. The Labute approximate surface area is 193 Å². The summed E-state index contributed by atoms with van der Waals surface area (Å²) in [7, 11) is 0. The summed E-state index contributed by atoms with van der Waals surface area (Å²) in [5.74, 6) is -0.0162. The molecule has 10 nitrogen and oxygen atoms in total. The van der Waals surface area contributed by atoms with E-state index in [2.05, 4.69) is 25.6 Å². The maximum atomic E-state index is 13.7. The Balaban J connectivity index is 1.48. The van der Waals surface area contributed by atoms with Crippen molar-refractivity contribution < 1.29 is 27.8 Å². The van der Waals surface area contributed by atoms with Gasteiger partial charge in [-0.05, 0) is 31.6 Å². The number of halogens is 2. The topological polar surface area (TPSA) is 124 Å². The van der Waals surface area contributed by atoms with Gasteiger partial charge in [0.15, 0.2) is 0 Å². The van der Waals surface area contributed by atoms with Crippen LogP contribution in [0.1, 0.15) is 41.6 Å². The molecular formula is C22H24F2N6O4. The lowest BCUT2D eigenvalue weighted by atomic mass is 10.0. The van der Waals surface area contributed by atoms with Gasteiger partial charge in [0.05, 0.1) is 55.4 Å². The van der Waals surface area contributed by atoms with Gasteiger partial charge in [0.1, 0.15) is 11.5 Å². The van der Waals surface area contributed by atoms with Gasteiger partial charge in [0, 0.05) is 17.0 Å². The summed E-state index contributed by atoms with van der Waals surface area (Å²) in [5, 5.41) is 0.776. The van der Waals surface area contributed by atoms with Gasteiger partial charge in [0.25, 0.3) is 5.91 Å². The van der Waals surface area contributed by atoms with E-state index in [1.807, 2.05) is 13.8 Å². The number of nitrogens with one attached hydrogen (secondary N) is 2. The average molecular weight is 474 g/mol. The molecule has 4 N–H and O–H groups in total. The molecule has 3 atom stereocenters. The predicted molar refractivity (Wildman–Crippen MR) is 117 cm³/mol. The molecule has 0 bridgehead atoms. The number of pyridine rings is 2. The van der Waals surface area contributed by atoms with Gasteiger partial charge >= 0.3 is 6.61 Å². The third-order valence-electron chi connectivity index (χ3n) is 6.15. The van der Waals surface area contributed by atoms with Crippen molar-refractivity contribution in [3.63, 3.8) is 0 Å². The van der Waals surface area contributed by atoms with Crippen molar-refractivity contribution in [3.05, 3.63) is 52.8 Å². The number of allylic oxidation sites excluding steroid dienone is 2. The van der Waals surface area contributed by atoms with Crippen molar-refractivity contribution in [1.29, 1.82) is 0 Å². The van der Waals surface area contributed by atoms with Gasteiger partial charge in [0.2, 0.25) is 5.88 Å². The van der Waals surface area contributed by atoms with E-state index < -0.39 is 12.7 Å². The smallest absolute Gasteiger partial charge is 0.388 e. The molecule has 12 heteroatoms. The zero-order valence-corrected chi connectivity index (χ0v) is 18.5. The normalized spacial score (nSPS) is 24.3. The van der Waals surface area contributed by atoms with Crippen LogP contribution in [0, 0.1) is 0 Å². The Morgan fingerprint density at radius 1 is 1.29 bits per heavy atom. The third kappa shape index (κ3) is 3.88. The molecule has 5 rings (SSSR count). The molecule has 3 aliphatic rings. The predicted octanol–water partition coefficient (Wildman–Crippen LogP) is 2.10. The van der Waals surface area contributed by atoms with Crippen LogP contribution in [0.4, 0.5) is 14.6 Å². The lowest BCUT2D eigenvalue weighted by Gasteiger charge is -2.42. The second-order valence-electron chi connectivity index (χ2n) is 8.33. The standard InChI is InChI=1S/C22H24F2N6O4/c1-10-7-32-9-17(14-3-4-18(29-28-14)34-22(23)24)30(10)21(31)15-5-12-13-8-33-11(2)19(13)20(25)27-16(12)6-26-15/h3-6,10-11,17,22,28-29H,7-9H2,1-2H3,(H2,25,27)/t10-,11+,17-/m0/s1. The molecule has 34 heavy (non-hydrogen) atoms. The summed E-state index contributed by atoms with van der Waals surface area (Å²) in [5.41, 5.74) is 14.7. The summed E-state index contributed by atoms with van der Waals surface area (Å²) in [6.45, 7) is 1.79. The Morgan fingerprint density at radius 3 is 2.85 bits per heavy atom. The second-order valence-corrected chi connectivity index (χ2v) is 8.33. The number of carbonyl (C=O) groups is 1. The Hall–Kier alpha value is -3.51. The van der Waals surface area contributed by atoms with Crippen LogP contribution in [-0.2, 0) is 20.8 Å². The van der Waals surface area contributed by atoms with Crippen LogP contribution in [0.5, 0.6) is 0 Å². The monoisotopic (exact) mass is 474 g/mol. The van der Waals surface area contributed by atoms with Crippen LogP contribution < -0.4 is 16.6 Å². The van der Waals surface area contributed by atoms with Crippen molar-refractivity contribution >= 4 is 22.6 Å². The minimum absolute atomic E-state index is 0.130. The molecule has 0 aromatic carbocycles. The van der Waals surface area contributed by atoms with Gasteiger partial charge in [-0.1, -0.05) is 0 Å². The zero-order valence-electron chi connectivity index (χ0n) is 18.5. The summed E-state index contributed by atoms with van der Waals surface area (Å²) in [6.07, 6.45) is 4.31. The summed E-state index contributed by atoms with van der Waals surface area (Å²) >= 11 is 0. The van der Waals surface area contributed by atoms with E-state index in [1.165, 1.54) is 6.08 Å². The first-order valence-electron chi connectivity index (χ1n) is 10.8. The van der Waals surface area contributed by atoms with E-state index in [0.717, 1.165) is 16.5 Å². The quantitative estimate of drug-likeness (QED) is 0.611. The van der Waals surface area contributed by atoms with Crippen LogP contribution in [0.15, 0.2) is 36.0 Å². The number of fused-ring (bicyclic) bond motifs is 3. The Bertz CT molecular complexity index is 1200. The first kappa shape index (κ1) is 22.3. The summed E-state index contributed by atoms with van der Waals surface area (Å²) in [4.78, 5) is 24.1. The van der Waals surface area contributed by atoms with Crippen LogP contribution in [0.3, 0.4) is 0 Å². The number of hydrogen-bond acceptors (Lipinski definition) is 9. The van der Waals surface area contributed by atoms with E-state index in [-0.39, 0.29) is 36.2 Å². The molecule has 0 spiro atoms. The van der Waals surface area contributed by atoms with Crippen molar-refractivity contribution in [2.24, 2.45) is 0 Å². The number of nitrogens with zero attached hydrogens (tertiary/aromatic N) is 3. The minimum Gasteiger partial charge on any atom is -0.418 e. The molecule has 180 valence electrons. The van der Waals surface area contributed by atoms with Gasteiger partial charge in [-0.3, -0.25) is 10.2 Å². The number of nitrogens with two attached hydrogens (primary N) is 1. The molecule has 2 aromatic heterocycles. The number of hydrogen-bond donors (Lipinski definition) is 3. The number of alkyl halides is 2. The van der Waals surface area contributed by atoms with E-state index in [0.29, 0.717) is 30.2 Å². The highest BCUT2D eigenvalue weighted by molar-refractivity contribution is 5.97. The molecule has 0 radical (unpaired) electrons. The molecule has 1 saturated heterocycles. The van der Waals surface area contributed by atoms with E-state index in [4.69, 9.17) is 15.2 Å². The van der Waals surface area contributed by atoms with E-state index >= 15 is 0 Å². The molecule has 1 amide bonds. The number of ether oxygens (including phenoxy) is 3. The van der Waals surface area contributed by atoms with Crippen molar-refractivity contribution in [3.8, 4) is 0 Å². The number of aromatic nitrogens is 2. The van der Waals surface area contributed by atoms with Crippen LogP contribution in [0.25, 0.3) is 10.9 Å². The van der Waals surface area contributed by atoms with Gasteiger partial charge in [-0.25, -0.2) is 9.97 Å². The number of nitrogen functional groups attached to an aromatic ring is 1. The summed E-state index contributed by atoms with van der Waals surface area (Å²) in [6, 6.07) is 0.968. The minimum atomic E-state index is -2.95. The molecule has 0 aliphatic carbocycles. The first-order valence-corrected chi connectivity index (χ1v) is 10.8. The largest absolute Gasteiger partial charge is 0.418 e. The number of anilines is 1. The molecule has 1 fully saturated rings. The lowest BCUT2D eigenvalue weighted by Crippen LogP contribution is -2.57. The number of rotatable bonds is 4. The molecule has 0 saturated carbocycles. The molecule has 5 heterocycles. The number of carbonyl (C=O) groups excluding carboxylic acids is 1. The van der Waals surface area contributed by atoms with Crippen LogP contribution >= 0.6 is 0 Å². The highest BCUT2D eigenvalue weighted by Crippen LogP contribution is 2.38. The number of hydrazine groups is 1. The van der Waals surface area contributed by atoms with Gasteiger partial charge in [-0.2, -0.15) is 8.78 Å². The SMILES string of the molecule is C[C@H]1OCc2c1c(N)nc1cnc(C(=O)N3[C@@H](C)COC[C@H]3C3=CC=C(OC(F)F)NN3)cc21. The van der Waals surface area contributed by atoms with E-state index in [9.17, 15) is 13.6 Å². The highest BCUT2D eigenvalue weighted by Gasteiger charge is 2.37. The van der Waals surface area contributed by atoms with Crippen LogP contribution in [0.2, 0.25) is 0 Å². The molecular weight excluding hydrogens is 450 g/mol. The van der Waals surface area contributed by atoms with Gasteiger partial charge in [-0.15, -0.1) is 0 Å². The second kappa shape index (κ2) is 8.69. The highest BCUT2D eigenvalue weighted by atomic mass is 19.3. The maximum absolute atomic E-state index is 13.7. The van der Waals surface area contributed by atoms with Crippen molar-refractivity contribution in [1.82, 2.24) is 25.7 Å². The van der Waals surface area contributed by atoms with Crippen molar-refractivity contribution in [2.45, 2.75) is 45.3 Å². The number of morpholine rings is 1. The zero-order chi connectivity index (χ0) is 24.0. The van der Waals surface area contributed by atoms with Crippen molar-refractivity contribution in [2.75, 3.05) is 18.9 Å². The fourth-order valence-electron chi connectivity index (χ4n) is 4.56. The fraction of sp³-hybridized carbons (Fsp3) is 0.409.